The molecule has 0 bridgehead atoms. The molecule has 0 aliphatic carbocycles. The van der Waals surface area contributed by atoms with Gasteiger partial charge in [0.1, 0.15) is 0 Å². The Labute approximate surface area is 161 Å². The second-order valence-corrected chi connectivity index (χ2v) is 5.88. The molecule has 0 heterocycles. The summed E-state index contributed by atoms with van der Waals surface area (Å²) in [6, 6.07) is 6.14. The highest BCUT2D eigenvalue weighted by Gasteiger charge is 2.36. The van der Waals surface area contributed by atoms with Gasteiger partial charge < -0.3 is 16.0 Å². The van der Waals surface area contributed by atoms with Gasteiger partial charge in [-0.25, -0.2) is 4.79 Å². The van der Waals surface area contributed by atoms with Crippen LogP contribution in [0.5, 0.6) is 0 Å². The molecule has 29 heavy (non-hydrogen) atoms. The highest BCUT2D eigenvalue weighted by atomic mass is 19.4. The fourth-order valence-corrected chi connectivity index (χ4v) is 2.30. The van der Waals surface area contributed by atoms with E-state index in [0.29, 0.717) is 17.8 Å². The first kappa shape index (κ1) is 22.1. The van der Waals surface area contributed by atoms with E-state index >= 15 is 0 Å². The molecule has 0 saturated carbocycles. The van der Waals surface area contributed by atoms with E-state index in [1.165, 1.54) is 31.3 Å². The maximum Gasteiger partial charge on any atom is 0.416 e. The molecule has 0 atom stereocenters. The van der Waals surface area contributed by atoms with E-state index in [-0.39, 0.29) is 17.2 Å². The summed E-state index contributed by atoms with van der Waals surface area (Å²) in [4.78, 5) is 23.3. The Morgan fingerprint density at radius 3 is 1.83 bits per heavy atom. The lowest BCUT2D eigenvalue weighted by atomic mass is 10.0. The number of amides is 3. The van der Waals surface area contributed by atoms with Crippen molar-refractivity contribution < 1.29 is 35.9 Å². The van der Waals surface area contributed by atoms with Gasteiger partial charge in [0.2, 0.25) is 0 Å². The zero-order valence-corrected chi connectivity index (χ0v) is 14.8. The molecule has 0 aromatic heterocycles. The van der Waals surface area contributed by atoms with E-state index in [1.54, 1.807) is 0 Å². The average molecular weight is 419 g/mol. The Kier molecular flexibility index (Phi) is 6.40. The van der Waals surface area contributed by atoms with Crippen molar-refractivity contribution in [1.82, 2.24) is 10.6 Å². The predicted octanol–water partition coefficient (Wildman–Crippen LogP) is 4.41. The molecule has 2 rings (SSSR count). The molecular weight excluding hydrogens is 404 g/mol. The smallest absolute Gasteiger partial charge is 0.348 e. The SMILES string of the molecule is CNC(=O)Nc1ccc(C(=O)NCc2cc(C(F)(F)F)cc(C(F)(F)F)c2)cc1. The molecule has 11 heteroatoms. The number of carbonyl (C=O) groups excluding carboxylic acids is 2. The van der Waals surface area contributed by atoms with Crippen LogP contribution in [0.15, 0.2) is 42.5 Å². The average Bonchev–Trinajstić information content (AvgIpc) is 2.65. The topological polar surface area (TPSA) is 70.2 Å². The zero-order valence-electron chi connectivity index (χ0n) is 14.8. The van der Waals surface area contributed by atoms with Gasteiger partial charge >= 0.3 is 18.4 Å². The summed E-state index contributed by atoms with van der Waals surface area (Å²) in [7, 11) is 1.41. The molecule has 156 valence electrons. The van der Waals surface area contributed by atoms with Crippen molar-refractivity contribution in [3.05, 3.63) is 64.7 Å². The lowest BCUT2D eigenvalue weighted by molar-refractivity contribution is -0.143. The van der Waals surface area contributed by atoms with E-state index in [9.17, 15) is 35.9 Å². The maximum absolute atomic E-state index is 12.9. The van der Waals surface area contributed by atoms with Gasteiger partial charge in [0.15, 0.2) is 0 Å². The first-order chi connectivity index (χ1) is 13.4. The molecular formula is C18H15F6N3O2. The Hall–Kier alpha value is -3.24. The summed E-state index contributed by atoms with van der Waals surface area (Å²) in [6.07, 6.45) is -9.93. The largest absolute Gasteiger partial charge is 0.416 e. The van der Waals surface area contributed by atoms with Gasteiger partial charge in [-0.05, 0) is 48.0 Å². The molecule has 0 unspecified atom stereocenters. The number of anilines is 1. The quantitative estimate of drug-likeness (QED) is 0.643. The normalized spacial score (nSPS) is 11.7. The number of rotatable bonds is 4. The molecule has 3 amide bonds. The number of nitrogens with one attached hydrogen (secondary N) is 3. The van der Waals surface area contributed by atoms with E-state index < -0.39 is 42.0 Å². The van der Waals surface area contributed by atoms with Crippen molar-refractivity contribution in [3.63, 3.8) is 0 Å². The fraction of sp³-hybridized carbons (Fsp3) is 0.222. The molecule has 0 fully saturated rings. The predicted molar refractivity (Wildman–Crippen MR) is 92.1 cm³/mol. The summed E-state index contributed by atoms with van der Waals surface area (Å²) in [5.41, 5.74) is -2.77. The number of benzene rings is 2. The van der Waals surface area contributed by atoms with Crippen molar-refractivity contribution in [2.75, 3.05) is 12.4 Å². The van der Waals surface area contributed by atoms with E-state index in [2.05, 4.69) is 16.0 Å². The monoisotopic (exact) mass is 419 g/mol. The van der Waals surface area contributed by atoms with Crippen molar-refractivity contribution in [2.24, 2.45) is 0 Å². The van der Waals surface area contributed by atoms with E-state index in [0.717, 1.165) is 0 Å². The van der Waals surface area contributed by atoms with Crippen LogP contribution in [0.25, 0.3) is 0 Å². The molecule has 3 N–H and O–H groups in total. The van der Waals surface area contributed by atoms with Crippen LogP contribution in [0.4, 0.5) is 36.8 Å². The van der Waals surface area contributed by atoms with Gasteiger partial charge in [0.25, 0.3) is 5.91 Å². The Morgan fingerprint density at radius 1 is 0.862 bits per heavy atom. The first-order valence-corrected chi connectivity index (χ1v) is 8.05. The standard InChI is InChI=1S/C18H15F6N3O2/c1-25-16(29)27-14-4-2-11(3-5-14)15(28)26-9-10-6-12(17(19,20)21)8-13(7-10)18(22,23)24/h2-8H,9H2,1H3,(H,26,28)(H2,25,27,29). The van der Waals surface area contributed by atoms with Crippen molar-refractivity contribution >= 4 is 17.6 Å². The second-order valence-electron chi connectivity index (χ2n) is 5.88. The van der Waals surface area contributed by atoms with Crippen LogP contribution in [0.3, 0.4) is 0 Å². The molecule has 0 aliphatic heterocycles. The van der Waals surface area contributed by atoms with Gasteiger partial charge in [-0.2, -0.15) is 26.3 Å². The second kappa shape index (κ2) is 8.41. The minimum Gasteiger partial charge on any atom is -0.348 e. The van der Waals surface area contributed by atoms with Crippen LogP contribution in [0.2, 0.25) is 0 Å². The molecule has 5 nitrogen and oxygen atoms in total. The van der Waals surface area contributed by atoms with Crippen molar-refractivity contribution in [2.45, 2.75) is 18.9 Å². The van der Waals surface area contributed by atoms with Crippen LogP contribution >= 0.6 is 0 Å². The highest BCUT2D eigenvalue weighted by molar-refractivity contribution is 5.95. The molecule has 0 saturated heterocycles. The number of carbonyl (C=O) groups is 2. The molecule has 0 radical (unpaired) electrons. The number of alkyl halides is 6. The lowest BCUT2D eigenvalue weighted by Crippen LogP contribution is -2.25. The van der Waals surface area contributed by atoms with Crippen molar-refractivity contribution in [1.29, 1.82) is 0 Å². The minimum atomic E-state index is -4.96. The Morgan fingerprint density at radius 2 is 1.38 bits per heavy atom. The third kappa shape index (κ3) is 6.13. The lowest BCUT2D eigenvalue weighted by Gasteiger charge is -2.14. The van der Waals surface area contributed by atoms with Gasteiger partial charge in [-0.3, -0.25) is 4.79 Å². The molecule has 0 spiro atoms. The number of hydrogen-bond donors (Lipinski definition) is 3. The fourth-order valence-electron chi connectivity index (χ4n) is 2.30. The van der Waals surface area contributed by atoms with Crippen LogP contribution in [0.1, 0.15) is 27.0 Å². The summed E-state index contributed by atoms with van der Waals surface area (Å²) in [6.45, 7) is -0.538. The number of urea groups is 1. The Balaban J connectivity index is 2.14. The molecule has 0 aliphatic rings. The van der Waals surface area contributed by atoms with Gasteiger partial charge in [-0.1, -0.05) is 0 Å². The third-order valence-corrected chi connectivity index (χ3v) is 3.73. The zero-order chi connectivity index (χ0) is 21.8. The van der Waals surface area contributed by atoms with E-state index in [1.807, 2.05) is 0 Å². The number of halogens is 6. The molecule has 2 aromatic rings. The summed E-state index contributed by atoms with van der Waals surface area (Å²) < 4.78 is 77.2. The molecule has 2 aromatic carbocycles. The Bertz CT molecular complexity index is 860. The van der Waals surface area contributed by atoms with Crippen LogP contribution < -0.4 is 16.0 Å². The summed E-state index contributed by atoms with van der Waals surface area (Å²) in [5, 5.41) is 7.06. The highest BCUT2D eigenvalue weighted by Crippen LogP contribution is 2.36. The summed E-state index contributed by atoms with van der Waals surface area (Å²) in [5.74, 6) is -0.706. The summed E-state index contributed by atoms with van der Waals surface area (Å²) >= 11 is 0. The van der Waals surface area contributed by atoms with Gasteiger partial charge in [0, 0.05) is 24.8 Å². The van der Waals surface area contributed by atoms with Crippen LogP contribution in [-0.4, -0.2) is 19.0 Å². The first-order valence-electron chi connectivity index (χ1n) is 8.05. The van der Waals surface area contributed by atoms with Gasteiger partial charge in [0.05, 0.1) is 11.1 Å². The van der Waals surface area contributed by atoms with Crippen molar-refractivity contribution in [3.8, 4) is 0 Å². The van der Waals surface area contributed by atoms with Gasteiger partial charge in [-0.15, -0.1) is 0 Å². The number of hydrogen-bond acceptors (Lipinski definition) is 2. The minimum absolute atomic E-state index is 0.0174. The third-order valence-electron chi connectivity index (χ3n) is 3.73. The van der Waals surface area contributed by atoms with Crippen LogP contribution in [-0.2, 0) is 18.9 Å². The maximum atomic E-state index is 12.9. The van der Waals surface area contributed by atoms with E-state index in [4.69, 9.17) is 0 Å². The van der Waals surface area contributed by atoms with Crippen LogP contribution in [0, 0.1) is 0 Å².